The fraction of sp³-hybridized carbons (Fsp3) is 0. The summed E-state index contributed by atoms with van der Waals surface area (Å²) in [5.41, 5.74) is 11.5. The molecule has 1 aromatic carbocycles. The molecule has 92 valence electrons. The quantitative estimate of drug-likeness (QED) is 0.716. The Kier molecular flexibility index (Phi) is 2.72. The lowest BCUT2D eigenvalue weighted by molar-refractivity contribution is 0.0696. The topological polar surface area (TPSA) is 124 Å². The highest BCUT2D eigenvalue weighted by atomic mass is 16.4. The second kappa shape index (κ2) is 4.21. The Morgan fingerprint density at radius 1 is 1.33 bits per heavy atom. The molecule has 18 heavy (non-hydrogen) atoms. The lowest BCUT2D eigenvalue weighted by Crippen LogP contribution is -2.13. The summed E-state index contributed by atoms with van der Waals surface area (Å²) >= 11 is 0. The molecule has 2 rings (SSSR count). The maximum atomic E-state index is 11.0. The third-order valence-corrected chi connectivity index (χ3v) is 2.41. The van der Waals surface area contributed by atoms with Crippen molar-refractivity contribution >= 4 is 17.7 Å². The van der Waals surface area contributed by atoms with E-state index in [2.05, 4.69) is 5.10 Å². The molecule has 2 aromatic rings. The van der Waals surface area contributed by atoms with Gasteiger partial charge in [0.05, 0.1) is 17.4 Å². The molecular formula is C11H10N4O3. The van der Waals surface area contributed by atoms with E-state index < -0.39 is 11.9 Å². The minimum absolute atomic E-state index is 0.0741. The van der Waals surface area contributed by atoms with Crippen LogP contribution in [0.3, 0.4) is 0 Å². The number of anilines is 1. The predicted molar refractivity (Wildman–Crippen MR) is 63.5 cm³/mol. The molecule has 0 atom stereocenters. The van der Waals surface area contributed by atoms with Crippen LogP contribution in [-0.4, -0.2) is 26.8 Å². The molecule has 1 aromatic heterocycles. The van der Waals surface area contributed by atoms with E-state index in [0.29, 0.717) is 5.69 Å². The van der Waals surface area contributed by atoms with Crippen molar-refractivity contribution in [3.8, 4) is 5.69 Å². The van der Waals surface area contributed by atoms with Gasteiger partial charge in [-0.3, -0.25) is 4.79 Å². The van der Waals surface area contributed by atoms with Crippen LogP contribution in [0.4, 0.5) is 5.82 Å². The smallest absolute Gasteiger partial charge is 0.335 e. The van der Waals surface area contributed by atoms with Gasteiger partial charge in [-0.1, -0.05) is 6.07 Å². The second-order valence-electron chi connectivity index (χ2n) is 3.58. The molecule has 0 unspecified atom stereocenters. The van der Waals surface area contributed by atoms with Gasteiger partial charge in [-0.2, -0.15) is 5.10 Å². The van der Waals surface area contributed by atoms with E-state index >= 15 is 0 Å². The number of primary amides is 1. The Labute approximate surface area is 102 Å². The molecule has 0 radical (unpaired) electrons. The molecule has 5 N–H and O–H groups in total. The molecule has 0 saturated carbocycles. The summed E-state index contributed by atoms with van der Waals surface area (Å²) in [6, 6.07) is 6.03. The molecule has 1 heterocycles. The molecular weight excluding hydrogens is 236 g/mol. The zero-order valence-electron chi connectivity index (χ0n) is 9.20. The number of benzene rings is 1. The summed E-state index contributed by atoms with van der Waals surface area (Å²) in [5.74, 6) is -1.67. The lowest BCUT2D eigenvalue weighted by Gasteiger charge is -2.05. The van der Waals surface area contributed by atoms with Crippen LogP contribution in [0.5, 0.6) is 0 Å². The second-order valence-corrected chi connectivity index (χ2v) is 3.58. The van der Waals surface area contributed by atoms with Crippen molar-refractivity contribution in [3.63, 3.8) is 0 Å². The Morgan fingerprint density at radius 3 is 2.61 bits per heavy atom. The molecule has 0 bridgehead atoms. The summed E-state index contributed by atoms with van der Waals surface area (Å²) < 4.78 is 1.26. The van der Waals surface area contributed by atoms with Gasteiger partial charge in [-0.15, -0.1) is 0 Å². The van der Waals surface area contributed by atoms with Crippen LogP contribution in [0.2, 0.25) is 0 Å². The standard InChI is InChI=1S/C11H10N4O3/c12-9-8(10(13)16)5-14-15(9)7-3-1-2-6(4-7)11(17)18/h1-5H,12H2,(H2,13,16)(H,17,18). The first-order valence-electron chi connectivity index (χ1n) is 4.97. The first-order chi connectivity index (χ1) is 8.50. The van der Waals surface area contributed by atoms with Crippen LogP contribution < -0.4 is 11.5 Å². The van der Waals surface area contributed by atoms with Gasteiger partial charge in [0.1, 0.15) is 11.4 Å². The highest BCUT2D eigenvalue weighted by Crippen LogP contribution is 2.17. The van der Waals surface area contributed by atoms with E-state index in [1.54, 1.807) is 12.1 Å². The van der Waals surface area contributed by atoms with Gasteiger partial charge in [-0.25, -0.2) is 9.48 Å². The van der Waals surface area contributed by atoms with Crippen molar-refractivity contribution in [1.82, 2.24) is 9.78 Å². The van der Waals surface area contributed by atoms with Crippen LogP contribution in [0.15, 0.2) is 30.5 Å². The average molecular weight is 246 g/mol. The van der Waals surface area contributed by atoms with Gasteiger partial charge in [0.2, 0.25) is 0 Å². The number of hydrogen-bond acceptors (Lipinski definition) is 4. The normalized spacial score (nSPS) is 10.2. The number of nitrogens with two attached hydrogens (primary N) is 2. The summed E-state index contributed by atoms with van der Waals surface area (Å²) in [4.78, 5) is 21.9. The molecule has 1 amide bonds. The minimum Gasteiger partial charge on any atom is -0.478 e. The van der Waals surface area contributed by atoms with E-state index in [4.69, 9.17) is 16.6 Å². The fourth-order valence-corrected chi connectivity index (χ4v) is 1.52. The van der Waals surface area contributed by atoms with Gasteiger partial charge in [0, 0.05) is 0 Å². The Hall–Kier alpha value is -2.83. The third kappa shape index (κ3) is 1.88. The average Bonchev–Trinajstić information content (AvgIpc) is 2.71. The first-order valence-corrected chi connectivity index (χ1v) is 4.97. The van der Waals surface area contributed by atoms with Gasteiger partial charge in [0.25, 0.3) is 5.91 Å². The fourth-order valence-electron chi connectivity index (χ4n) is 1.52. The Bertz CT molecular complexity index is 633. The van der Waals surface area contributed by atoms with Crippen LogP contribution >= 0.6 is 0 Å². The van der Waals surface area contributed by atoms with Crippen LogP contribution in [0.25, 0.3) is 5.69 Å². The van der Waals surface area contributed by atoms with Gasteiger partial charge in [-0.05, 0) is 18.2 Å². The van der Waals surface area contributed by atoms with Crippen molar-refractivity contribution in [3.05, 3.63) is 41.6 Å². The zero-order valence-corrected chi connectivity index (χ0v) is 9.20. The van der Waals surface area contributed by atoms with Crippen molar-refractivity contribution in [2.45, 2.75) is 0 Å². The summed E-state index contributed by atoms with van der Waals surface area (Å²) in [6.45, 7) is 0. The summed E-state index contributed by atoms with van der Waals surface area (Å²) in [6.07, 6.45) is 1.24. The zero-order chi connectivity index (χ0) is 13.3. The SMILES string of the molecule is NC(=O)c1cnn(-c2cccc(C(=O)O)c2)c1N. The Morgan fingerprint density at radius 2 is 2.06 bits per heavy atom. The number of carbonyl (C=O) groups excluding carboxylic acids is 1. The number of rotatable bonds is 3. The summed E-state index contributed by atoms with van der Waals surface area (Å²) in [5, 5.41) is 12.8. The maximum Gasteiger partial charge on any atom is 0.335 e. The number of nitrogen functional groups attached to an aromatic ring is 1. The monoisotopic (exact) mass is 246 g/mol. The predicted octanol–water partition coefficient (Wildman–Crippen LogP) is 0.252. The number of carboxylic acids is 1. The van der Waals surface area contributed by atoms with Crippen molar-refractivity contribution in [2.75, 3.05) is 5.73 Å². The summed E-state index contributed by atoms with van der Waals surface area (Å²) in [7, 11) is 0. The van der Waals surface area contributed by atoms with Gasteiger partial charge < -0.3 is 16.6 Å². The molecule has 7 heteroatoms. The van der Waals surface area contributed by atoms with E-state index in [9.17, 15) is 9.59 Å². The number of nitrogens with zero attached hydrogens (tertiary/aromatic N) is 2. The molecule has 0 aliphatic carbocycles. The molecule has 0 aliphatic rings. The first kappa shape index (κ1) is 11.6. The van der Waals surface area contributed by atoms with Gasteiger partial charge >= 0.3 is 5.97 Å². The lowest BCUT2D eigenvalue weighted by atomic mass is 10.2. The van der Waals surface area contributed by atoms with E-state index in [-0.39, 0.29) is 16.9 Å². The number of carboxylic acid groups (broad SMARTS) is 1. The van der Waals surface area contributed by atoms with Gasteiger partial charge in [0.15, 0.2) is 0 Å². The van der Waals surface area contributed by atoms with Crippen molar-refractivity contribution in [2.24, 2.45) is 5.73 Å². The van der Waals surface area contributed by atoms with Crippen molar-refractivity contribution < 1.29 is 14.7 Å². The Balaban J connectivity index is 2.52. The van der Waals surface area contributed by atoms with E-state index in [0.717, 1.165) is 0 Å². The van der Waals surface area contributed by atoms with E-state index in [1.165, 1.54) is 23.0 Å². The number of carbonyl (C=O) groups is 2. The largest absolute Gasteiger partial charge is 0.478 e. The minimum atomic E-state index is -1.06. The number of hydrogen-bond donors (Lipinski definition) is 3. The highest BCUT2D eigenvalue weighted by Gasteiger charge is 2.14. The highest BCUT2D eigenvalue weighted by molar-refractivity contribution is 5.97. The maximum absolute atomic E-state index is 11.0. The molecule has 7 nitrogen and oxygen atoms in total. The molecule has 0 aliphatic heterocycles. The van der Waals surface area contributed by atoms with Crippen LogP contribution in [0.1, 0.15) is 20.7 Å². The van der Waals surface area contributed by atoms with Crippen molar-refractivity contribution in [1.29, 1.82) is 0 Å². The number of aromatic carboxylic acids is 1. The number of amides is 1. The molecule has 0 saturated heterocycles. The van der Waals surface area contributed by atoms with E-state index in [1.807, 2.05) is 0 Å². The van der Waals surface area contributed by atoms with Crippen LogP contribution in [0, 0.1) is 0 Å². The number of aromatic nitrogens is 2. The van der Waals surface area contributed by atoms with Crippen LogP contribution in [-0.2, 0) is 0 Å². The molecule has 0 spiro atoms. The molecule has 0 fully saturated rings. The third-order valence-electron chi connectivity index (χ3n) is 2.41.